The van der Waals surface area contributed by atoms with Crippen LogP contribution in [0.5, 0.6) is 0 Å². The van der Waals surface area contributed by atoms with Crippen LogP contribution in [0, 0.1) is 0 Å². The van der Waals surface area contributed by atoms with E-state index >= 15 is 0 Å². The third-order valence-electron chi connectivity index (χ3n) is 3.46. The average molecular weight is 415 g/mol. The summed E-state index contributed by atoms with van der Waals surface area (Å²) in [6.07, 6.45) is 1.74. The number of carbonyl (C=O) groups excluding carboxylic acids is 1. The number of nitrogens with two attached hydrogens (primary N) is 1. The highest BCUT2D eigenvalue weighted by atomic mass is 35.5. The summed E-state index contributed by atoms with van der Waals surface area (Å²) >= 11 is 24.2. The third-order valence-corrected chi connectivity index (χ3v) is 4.64. The third kappa shape index (κ3) is 4.10. The van der Waals surface area contributed by atoms with Gasteiger partial charge in [0.05, 0.1) is 27.8 Å². The molecule has 0 aliphatic rings. The Morgan fingerprint density at radius 1 is 1.00 bits per heavy atom. The van der Waals surface area contributed by atoms with Gasteiger partial charge in [-0.15, -0.1) is 0 Å². The van der Waals surface area contributed by atoms with Crippen LogP contribution in [0.3, 0.4) is 0 Å². The summed E-state index contributed by atoms with van der Waals surface area (Å²) in [7, 11) is 0. The first-order valence-electron chi connectivity index (χ1n) is 7.12. The largest absolute Gasteiger partial charge is 0.369 e. The van der Waals surface area contributed by atoms with Gasteiger partial charge < -0.3 is 5.73 Å². The number of hydrogen-bond donors (Lipinski definition) is 1. The van der Waals surface area contributed by atoms with Crippen molar-refractivity contribution in [3.05, 3.63) is 68.2 Å². The molecule has 0 saturated carbocycles. The Morgan fingerprint density at radius 3 is 2.28 bits per heavy atom. The molecule has 0 spiro atoms. The minimum absolute atomic E-state index is 0.0316. The lowest BCUT2D eigenvalue weighted by Crippen LogP contribution is -2.13. The van der Waals surface area contributed by atoms with Gasteiger partial charge in [0.1, 0.15) is 0 Å². The molecular weight excluding hydrogens is 404 g/mol. The molecule has 1 amide bonds. The van der Waals surface area contributed by atoms with Crippen molar-refractivity contribution < 1.29 is 4.79 Å². The van der Waals surface area contributed by atoms with Crippen molar-refractivity contribution in [3.8, 4) is 16.9 Å². The van der Waals surface area contributed by atoms with Crippen molar-refractivity contribution in [2.24, 2.45) is 5.73 Å². The minimum Gasteiger partial charge on any atom is -0.369 e. The predicted molar refractivity (Wildman–Crippen MR) is 102 cm³/mol. The summed E-state index contributed by atoms with van der Waals surface area (Å²) in [4.78, 5) is 11.4. The summed E-state index contributed by atoms with van der Waals surface area (Å²) in [5.74, 6) is -0.468. The zero-order valence-electron chi connectivity index (χ0n) is 12.6. The number of hydrogen-bond acceptors (Lipinski definition) is 2. The summed E-state index contributed by atoms with van der Waals surface area (Å²) < 4.78 is 1.59. The summed E-state index contributed by atoms with van der Waals surface area (Å²) in [6.45, 7) is 0. The number of carbonyl (C=O) groups is 1. The van der Waals surface area contributed by atoms with E-state index in [1.165, 1.54) is 0 Å². The quantitative estimate of drug-likeness (QED) is 0.639. The number of amides is 1. The minimum atomic E-state index is -0.468. The van der Waals surface area contributed by atoms with E-state index in [0.717, 1.165) is 5.56 Å². The maximum atomic E-state index is 11.4. The van der Waals surface area contributed by atoms with Gasteiger partial charge in [-0.25, -0.2) is 4.68 Å². The van der Waals surface area contributed by atoms with Crippen LogP contribution in [0.2, 0.25) is 20.1 Å². The first-order chi connectivity index (χ1) is 11.8. The van der Waals surface area contributed by atoms with Gasteiger partial charge in [-0.1, -0.05) is 52.5 Å². The molecule has 0 bridgehead atoms. The smallest absolute Gasteiger partial charge is 0.221 e. The van der Waals surface area contributed by atoms with Gasteiger partial charge in [0.2, 0.25) is 5.91 Å². The molecule has 2 aromatic carbocycles. The molecule has 25 heavy (non-hydrogen) atoms. The lowest BCUT2D eigenvalue weighted by molar-refractivity contribution is -0.117. The van der Waals surface area contributed by atoms with E-state index < -0.39 is 5.91 Å². The van der Waals surface area contributed by atoms with Crippen LogP contribution >= 0.6 is 46.4 Å². The van der Waals surface area contributed by atoms with E-state index in [9.17, 15) is 4.79 Å². The molecule has 128 valence electrons. The molecular formula is C17H11Cl4N3O. The first kappa shape index (κ1) is 18.1. The van der Waals surface area contributed by atoms with E-state index in [0.29, 0.717) is 37.0 Å². The number of halogens is 4. The fourth-order valence-electron chi connectivity index (χ4n) is 2.42. The van der Waals surface area contributed by atoms with Crippen LogP contribution in [0.4, 0.5) is 0 Å². The maximum Gasteiger partial charge on any atom is 0.221 e. The van der Waals surface area contributed by atoms with E-state index in [2.05, 4.69) is 5.10 Å². The molecule has 3 aromatic rings. The van der Waals surface area contributed by atoms with Crippen molar-refractivity contribution in [2.45, 2.75) is 6.42 Å². The molecule has 0 saturated heterocycles. The van der Waals surface area contributed by atoms with E-state index in [-0.39, 0.29) is 6.42 Å². The SMILES string of the molecule is NC(=O)Cc1cn(-c2cc(Cl)cc(Cl)c2)nc1-c1ccc(Cl)c(Cl)c1. The van der Waals surface area contributed by atoms with E-state index in [4.69, 9.17) is 52.1 Å². The highest BCUT2D eigenvalue weighted by Gasteiger charge is 2.15. The van der Waals surface area contributed by atoms with Crippen LogP contribution in [-0.4, -0.2) is 15.7 Å². The van der Waals surface area contributed by atoms with Gasteiger partial charge in [-0.3, -0.25) is 4.79 Å². The summed E-state index contributed by atoms with van der Waals surface area (Å²) in [5, 5.41) is 6.33. The monoisotopic (exact) mass is 413 g/mol. The van der Waals surface area contributed by atoms with Crippen molar-refractivity contribution in [2.75, 3.05) is 0 Å². The Hall–Kier alpha value is -1.72. The molecule has 8 heteroatoms. The topological polar surface area (TPSA) is 60.9 Å². The van der Waals surface area contributed by atoms with Crippen LogP contribution in [0.25, 0.3) is 16.9 Å². The van der Waals surface area contributed by atoms with Gasteiger partial charge in [0, 0.05) is 27.4 Å². The van der Waals surface area contributed by atoms with E-state index in [1.54, 1.807) is 47.3 Å². The second kappa shape index (κ2) is 7.26. The van der Waals surface area contributed by atoms with Gasteiger partial charge in [0.15, 0.2) is 0 Å². The second-order valence-corrected chi connectivity index (χ2v) is 7.03. The Kier molecular flexibility index (Phi) is 5.25. The van der Waals surface area contributed by atoms with Crippen molar-refractivity contribution >= 4 is 52.3 Å². The zero-order chi connectivity index (χ0) is 18.1. The summed E-state index contributed by atoms with van der Waals surface area (Å²) in [5.41, 5.74) is 7.97. The number of nitrogens with zero attached hydrogens (tertiary/aromatic N) is 2. The number of primary amides is 1. The molecule has 1 aromatic heterocycles. The standard InChI is InChI=1S/C17H11Cl4N3O/c18-11-5-12(19)7-13(6-11)24-8-10(4-16(22)25)17(23-24)9-1-2-14(20)15(21)3-9/h1-3,5-8H,4H2,(H2,22,25). The molecule has 4 nitrogen and oxygen atoms in total. The van der Waals surface area contributed by atoms with Gasteiger partial charge in [0.25, 0.3) is 0 Å². The van der Waals surface area contributed by atoms with Crippen molar-refractivity contribution in [1.82, 2.24) is 9.78 Å². The molecule has 0 fully saturated rings. The molecule has 0 aliphatic heterocycles. The normalized spacial score (nSPS) is 10.9. The van der Waals surface area contributed by atoms with Crippen LogP contribution in [0.1, 0.15) is 5.56 Å². The highest BCUT2D eigenvalue weighted by molar-refractivity contribution is 6.42. The summed E-state index contributed by atoms with van der Waals surface area (Å²) in [6, 6.07) is 10.2. The Morgan fingerprint density at radius 2 is 1.68 bits per heavy atom. The highest BCUT2D eigenvalue weighted by Crippen LogP contribution is 2.31. The van der Waals surface area contributed by atoms with Crippen LogP contribution in [-0.2, 0) is 11.2 Å². The molecule has 0 unspecified atom stereocenters. The molecule has 0 radical (unpaired) electrons. The lowest BCUT2D eigenvalue weighted by atomic mass is 10.1. The Labute approximate surface area is 164 Å². The molecule has 3 rings (SSSR count). The molecule has 1 heterocycles. The number of rotatable bonds is 4. The first-order valence-corrected chi connectivity index (χ1v) is 8.63. The second-order valence-electron chi connectivity index (χ2n) is 5.35. The van der Waals surface area contributed by atoms with Crippen molar-refractivity contribution in [3.63, 3.8) is 0 Å². The van der Waals surface area contributed by atoms with Crippen LogP contribution < -0.4 is 5.73 Å². The number of benzene rings is 2. The Bertz CT molecular complexity index is 948. The van der Waals surface area contributed by atoms with Gasteiger partial charge in [-0.05, 0) is 30.3 Å². The average Bonchev–Trinajstić information content (AvgIpc) is 2.92. The fourth-order valence-corrected chi connectivity index (χ4v) is 3.23. The number of aromatic nitrogens is 2. The van der Waals surface area contributed by atoms with Gasteiger partial charge in [-0.2, -0.15) is 5.10 Å². The maximum absolute atomic E-state index is 11.4. The molecule has 0 atom stereocenters. The zero-order valence-corrected chi connectivity index (χ0v) is 15.7. The fraction of sp³-hybridized carbons (Fsp3) is 0.0588. The lowest BCUT2D eigenvalue weighted by Gasteiger charge is -2.04. The van der Waals surface area contributed by atoms with E-state index in [1.807, 2.05) is 0 Å². The van der Waals surface area contributed by atoms with Gasteiger partial charge >= 0.3 is 0 Å². The predicted octanol–water partition coefficient (Wildman–Crippen LogP) is 5.18. The Balaban J connectivity index is 2.15. The molecule has 2 N–H and O–H groups in total. The molecule has 0 aliphatic carbocycles. The van der Waals surface area contributed by atoms with Crippen LogP contribution in [0.15, 0.2) is 42.6 Å². The van der Waals surface area contributed by atoms with Crippen molar-refractivity contribution in [1.29, 1.82) is 0 Å².